The fourth-order valence-electron chi connectivity index (χ4n) is 2.57. The minimum absolute atomic E-state index is 0.0559. The number of carbonyl (C=O) groups is 1. The maximum Gasteiger partial charge on any atom is 0.251 e. The summed E-state index contributed by atoms with van der Waals surface area (Å²) in [5.41, 5.74) is 7.16. The second-order valence-corrected chi connectivity index (χ2v) is 6.33. The zero-order valence-electron chi connectivity index (χ0n) is 11.8. The molecule has 0 radical (unpaired) electrons. The monoisotopic (exact) mass is 305 g/mol. The molecule has 112 valence electrons. The molecule has 1 atom stereocenters. The van der Waals surface area contributed by atoms with E-state index in [1.165, 1.54) is 17.8 Å². The van der Waals surface area contributed by atoms with Crippen LogP contribution in [0.1, 0.15) is 36.0 Å². The first-order valence-electron chi connectivity index (χ1n) is 7.28. The number of nitrogens with two attached hydrogens (primary N) is 1. The van der Waals surface area contributed by atoms with Crippen LogP contribution in [0.25, 0.3) is 10.2 Å². The van der Waals surface area contributed by atoms with Gasteiger partial charge in [0, 0.05) is 18.7 Å². The summed E-state index contributed by atoms with van der Waals surface area (Å²) in [5.74, 6) is -0.0559. The van der Waals surface area contributed by atoms with Gasteiger partial charge in [0.2, 0.25) is 0 Å². The minimum atomic E-state index is -0.0559. The number of anilines is 1. The Morgan fingerprint density at radius 3 is 3.19 bits per heavy atom. The lowest BCUT2D eigenvalue weighted by atomic mass is 10.1. The van der Waals surface area contributed by atoms with E-state index in [-0.39, 0.29) is 5.91 Å². The van der Waals surface area contributed by atoms with E-state index in [1.54, 1.807) is 6.07 Å². The molecule has 6 heteroatoms. The average Bonchev–Trinajstić information content (AvgIpc) is 2.87. The topological polar surface area (TPSA) is 77.2 Å². The molecule has 1 fully saturated rings. The van der Waals surface area contributed by atoms with Gasteiger partial charge in [0.15, 0.2) is 5.13 Å². The van der Waals surface area contributed by atoms with Crippen LogP contribution in [0.3, 0.4) is 0 Å². The molecule has 2 aromatic rings. The van der Waals surface area contributed by atoms with Crippen LogP contribution in [-0.4, -0.2) is 30.1 Å². The molecule has 1 unspecified atom stereocenters. The molecular weight excluding hydrogens is 286 g/mol. The molecule has 3 rings (SSSR count). The van der Waals surface area contributed by atoms with Gasteiger partial charge in [-0.25, -0.2) is 4.98 Å². The Labute approximate surface area is 127 Å². The minimum Gasteiger partial charge on any atom is -0.378 e. The molecule has 3 N–H and O–H groups in total. The number of nitrogens with one attached hydrogen (secondary N) is 1. The summed E-state index contributed by atoms with van der Waals surface area (Å²) in [7, 11) is 0. The molecule has 1 aromatic heterocycles. The summed E-state index contributed by atoms with van der Waals surface area (Å²) in [6.45, 7) is 1.49. The van der Waals surface area contributed by atoms with E-state index in [1.807, 2.05) is 12.1 Å². The first kappa shape index (κ1) is 14.3. The van der Waals surface area contributed by atoms with Gasteiger partial charge in [-0.1, -0.05) is 11.3 Å². The molecule has 21 heavy (non-hydrogen) atoms. The van der Waals surface area contributed by atoms with Crippen LogP contribution in [0.5, 0.6) is 0 Å². The van der Waals surface area contributed by atoms with Crippen LogP contribution in [0, 0.1) is 0 Å². The van der Waals surface area contributed by atoms with E-state index in [9.17, 15) is 4.79 Å². The SMILES string of the molecule is Nc1nc2ccc(C(=O)NCCC3CCCCO3)cc2s1. The van der Waals surface area contributed by atoms with Crippen molar-refractivity contribution in [3.63, 3.8) is 0 Å². The van der Waals surface area contributed by atoms with Crippen molar-refractivity contribution in [1.82, 2.24) is 10.3 Å². The molecule has 1 saturated heterocycles. The Morgan fingerprint density at radius 1 is 1.48 bits per heavy atom. The van der Waals surface area contributed by atoms with Gasteiger partial charge in [0.1, 0.15) is 0 Å². The number of hydrogen-bond donors (Lipinski definition) is 2. The summed E-state index contributed by atoms with van der Waals surface area (Å²) < 4.78 is 6.59. The lowest BCUT2D eigenvalue weighted by Gasteiger charge is -2.22. The second-order valence-electron chi connectivity index (χ2n) is 5.27. The molecule has 0 bridgehead atoms. The smallest absolute Gasteiger partial charge is 0.251 e. The summed E-state index contributed by atoms with van der Waals surface area (Å²) in [6.07, 6.45) is 4.65. The van der Waals surface area contributed by atoms with Crippen molar-refractivity contribution in [2.45, 2.75) is 31.8 Å². The number of carbonyl (C=O) groups excluding carboxylic acids is 1. The predicted molar refractivity (Wildman–Crippen MR) is 84.6 cm³/mol. The zero-order valence-corrected chi connectivity index (χ0v) is 12.6. The summed E-state index contributed by atoms with van der Waals surface area (Å²) >= 11 is 1.40. The van der Waals surface area contributed by atoms with Crippen LogP contribution >= 0.6 is 11.3 Å². The van der Waals surface area contributed by atoms with Gasteiger partial charge in [0.05, 0.1) is 16.3 Å². The van der Waals surface area contributed by atoms with Crippen LogP contribution in [0.4, 0.5) is 5.13 Å². The standard InChI is InChI=1S/C15H19N3O2S/c16-15-18-12-5-4-10(9-13(12)21-15)14(19)17-7-6-11-3-1-2-8-20-11/h4-5,9,11H,1-3,6-8H2,(H2,16,18)(H,17,19). The summed E-state index contributed by atoms with van der Waals surface area (Å²) in [5, 5.41) is 3.48. The third-order valence-electron chi connectivity index (χ3n) is 3.69. The second kappa shape index (κ2) is 6.41. The van der Waals surface area contributed by atoms with Gasteiger partial charge in [-0.3, -0.25) is 4.79 Å². The van der Waals surface area contributed by atoms with E-state index < -0.39 is 0 Å². The highest BCUT2D eigenvalue weighted by atomic mass is 32.1. The number of rotatable bonds is 4. The van der Waals surface area contributed by atoms with Crippen molar-refractivity contribution >= 4 is 32.6 Å². The first-order chi connectivity index (χ1) is 10.2. The molecule has 1 aliphatic heterocycles. The normalized spacial score (nSPS) is 18.8. The highest BCUT2D eigenvalue weighted by Crippen LogP contribution is 2.24. The zero-order chi connectivity index (χ0) is 14.7. The van der Waals surface area contributed by atoms with E-state index in [4.69, 9.17) is 10.5 Å². The highest BCUT2D eigenvalue weighted by molar-refractivity contribution is 7.22. The number of ether oxygens (including phenoxy) is 1. The van der Waals surface area contributed by atoms with Crippen molar-refractivity contribution in [3.8, 4) is 0 Å². The lowest BCUT2D eigenvalue weighted by Crippen LogP contribution is -2.29. The van der Waals surface area contributed by atoms with Crippen molar-refractivity contribution in [2.75, 3.05) is 18.9 Å². The van der Waals surface area contributed by atoms with Gasteiger partial charge < -0.3 is 15.8 Å². The van der Waals surface area contributed by atoms with Gasteiger partial charge in [0.25, 0.3) is 5.91 Å². The van der Waals surface area contributed by atoms with E-state index >= 15 is 0 Å². The Kier molecular flexibility index (Phi) is 4.36. The van der Waals surface area contributed by atoms with E-state index in [0.717, 1.165) is 36.1 Å². The van der Waals surface area contributed by atoms with Gasteiger partial charge in [-0.2, -0.15) is 0 Å². The molecule has 1 aromatic carbocycles. The molecule has 0 saturated carbocycles. The van der Waals surface area contributed by atoms with Crippen LogP contribution in [-0.2, 0) is 4.74 Å². The number of nitrogen functional groups attached to an aromatic ring is 1. The lowest BCUT2D eigenvalue weighted by molar-refractivity contribution is 0.0117. The molecule has 0 spiro atoms. The Balaban J connectivity index is 1.55. The number of nitrogens with zero attached hydrogens (tertiary/aromatic N) is 1. The van der Waals surface area contributed by atoms with Gasteiger partial charge in [-0.15, -0.1) is 0 Å². The number of aromatic nitrogens is 1. The third-order valence-corrected chi connectivity index (χ3v) is 4.54. The molecule has 1 amide bonds. The predicted octanol–water partition coefficient (Wildman–Crippen LogP) is 2.57. The Bertz CT molecular complexity index is 635. The molecule has 5 nitrogen and oxygen atoms in total. The quantitative estimate of drug-likeness (QED) is 0.910. The number of benzene rings is 1. The molecular formula is C15H19N3O2S. The van der Waals surface area contributed by atoms with Gasteiger partial charge in [-0.05, 0) is 43.9 Å². The van der Waals surface area contributed by atoms with Crippen LogP contribution < -0.4 is 11.1 Å². The van der Waals surface area contributed by atoms with E-state index in [0.29, 0.717) is 23.3 Å². The van der Waals surface area contributed by atoms with Crippen LogP contribution in [0.15, 0.2) is 18.2 Å². The molecule has 2 heterocycles. The van der Waals surface area contributed by atoms with Crippen molar-refractivity contribution < 1.29 is 9.53 Å². The maximum atomic E-state index is 12.1. The Morgan fingerprint density at radius 2 is 2.38 bits per heavy atom. The largest absolute Gasteiger partial charge is 0.378 e. The average molecular weight is 305 g/mol. The maximum absolute atomic E-state index is 12.1. The first-order valence-corrected chi connectivity index (χ1v) is 8.10. The fourth-order valence-corrected chi connectivity index (χ4v) is 3.34. The number of thiazole rings is 1. The van der Waals surface area contributed by atoms with Crippen LogP contribution in [0.2, 0.25) is 0 Å². The number of amides is 1. The van der Waals surface area contributed by atoms with Gasteiger partial charge >= 0.3 is 0 Å². The van der Waals surface area contributed by atoms with Crippen molar-refractivity contribution in [2.24, 2.45) is 0 Å². The van der Waals surface area contributed by atoms with Crippen molar-refractivity contribution in [3.05, 3.63) is 23.8 Å². The summed E-state index contributed by atoms with van der Waals surface area (Å²) in [6, 6.07) is 5.46. The third kappa shape index (κ3) is 3.51. The Hall–Kier alpha value is -1.66. The number of hydrogen-bond acceptors (Lipinski definition) is 5. The van der Waals surface area contributed by atoms with E-state index in [2.05, 4.69) is 10.3 Å². The highest BCUT2D eigenvalue weighted by Gasteiger charge is 2.14. The summed E-state index contributed by atoms with van der Waals surface area (Å²) in [4.78, 5) is 16.3. The number of fused-ring (bicyclic) bond motifs is 1. The molecule has 1 aliphatic rings. The van der Waals surface area contributed by atoms with Crippen molar-refractivity contribution in [1.29, 1.82) is 0 Å². The molecule has 0 aliphatic carbocycles. The fraction of sp³-hybridized carbons (Fsp3) is 0.467.